The molecule has 7 heteroatoms. The molecule has 0 radical (unpaired) electrons. The Morgan fingerprint density at radius 3 is 2.59 bits per heavy atom. The molecule has 0 bridgehead atoms. The molecule has 146 valence electrons. The minimum Gasteiger partial charge on any atom is -0.354 e. The van der Waals surface area contributed by atoms with Gasteiger partial charge in [0.1, 0.15) is 12.1 Å². The summed E-state index contributed by atoms with van der Waals surface area (Å²) in [6.45, 7) is 2.13. The number of rotatable bonds is 6. The maximum atomic E-state index is 12.9. The summed E-state index contributed by atoms with van der Waals surface area (Å²) in [6, 6.07) is 8.35. The van der Waals surface area contributed by atoms with Gasteiger partial charge in [0.05, 0.1) is 6.04 Å². The lowest BCUT2D eigenvalue weighted by Gasteiger charge is -2.38. The first-order valence-corrected chi connectivity index (χ1v) is 9.67. The Balaban J connectivity index is 1.57. The van der Waals surface area contributed by atoms with Crippen LogP contribution in [0.5, 0.6) is 0 Å². The summed E-state index contributed by atoms with van der Waals surface area (Å²) in [6.07, 6.45) is 3.64. The number of fused-ring (bicyclic) bond motifs is 1. The molecule has 2 aliphatic rings. The van der Waals surface area contributed by atoms with Crippen molar-refractivity contribution in [3.63, 3.8) is 0 Å². The van der Waals surface area contributed by atoms with Crippen molar-refractivity contribution in [3.05, 3.63) is 35.9 Å². The van der Waals surface area contributed by atoms with Crippen LogP contribution in [0, 0.1) is 0 Å². The number of hydrogen-bond donors (Lipinski definition) is 3. The van der Waals surface area contributed by atoms with Gasteiger partial charge < -0.3 is 21.3 Å². The number of hydrogen-bond acceptors (Lipinski definition) is 4. The molecule has 0 aromatic heterocycles. The van der Waals surface area contributed by atoms with E-state index < -0.39 is 18.1 Å². The smallest absolute Gasteiger partial charge is 0.246 e. The van der Waals surface area contributed by atoms with Crippen molar-refractivity contribution in [2.45, 2.75) is 63.2 Å². The molecule has 0 unspecified atom stereocenters. The molecule has 4 N–H and O–H groups in total. The van der Waals surface area contributed by atoms with Crippen molar-refractivity contribution in [3.8, 4) is 0 Å². The molecule has 2 fully saturated rings. The summed E-state index contributed by atoms with van der Waals surface area (Å²) < 4.78 is 0. The largest absolute Gasteiger partial charge is 0.354 e. The van der Waals surface area contributed by atoms with Crippen LogP contribution in [-0.2, 0) is 20.8 Å². The van der Waals surface area contributed by atoms with Crippen LogP contribution in [0.15, 0.2) is 30.3 Å². The highest BCUT2D eigenvalue weighted by molar-refractivity contribution is 5.94. The average molecular weight is 372 g/mol. The molecule has 2 saturated heterocycles. The number of benzene rings is 1. The second-order valence-electron chi connectivity index (χ2n) is 7.45. The minimum atomic E-state index is -0.661. The van der Waals surface area contributed by atoms with E-state index in [9.17, 15) is 14.4 Å². The number of nitrogens with two attached hydrogens (primary N) is 1. The molecule has 27 heavy (non-hydrogen) atoms. The van der Waals surface area contributed by atoms with Crippen LogP contribution in [0.1, 0.15) is 38.2 Å². The summed E-state index contributed by atoms with van der Waals surface area (Å²) in [4.78, 5) is 39.1. The number of carbonyl (C=O) groups excluding carboxylic acids is 3. The molecule has 1 aromatic carbocycles. The number of nitrogens with zero attached hydrogens (tertiary/aromatic N) is 1. The number of nitrogens with one attached hydrogen (secondary N) is 2. The van der Waals surface area contributed by atoms with Crippen LogP contribution in [0.25, 0.3) is 0 Å². The highest BCUT2D eigenvalue weighted by atomic mass is 16.2. The first kappa shape index (κ1) is 19.4. The lowest BCUT2D eigenvalue weighted by Crippen LogP contribution is -2.60. The van der Waals surface area contributed by atoms with E-state index in [1.807, 2.05) is 30.3 Å². The van der Waals surface area contributed by atoms with Gasteiger partial charge in [0, 0.05) is 12.6 Å². The van der Waals surface area contributed by atoms with Crippen molar-refractivity contribution < 1.29 is 14.4 Å². The molecule has 3 amide bonds. The Hall–Kier alpha value is -2.41. The van der Waals surface area contributed by atoms with Crippen LogP contribution < -0.4 is 16.4 Å². The average Bonchev–Trinajstić information content (AvgIpc) is 3.09. The normalized spacial score (nSPS) is 25.6. The third-order valence-electron chi connectivity index (χ3n) is 5.43. The van der Waals surface area contributed by atoms with E-state index in [4.69, 9.17) is 5.73 Å². The van der Waals surface area contributed by atoms with E-state index in [1.54, 1.807) is 11.8 Å². The molecule has 4 atom stereocenters. The molecular formula is C20H28N4O3. The first-order chi connectivity index (χ1) is 13.0. The van der Waals surface area contributed by atoms with Gasteiger partial charge in [-0.05, 0) is 44.6 Å². The summed E-state index contributed by atoms with van der Waals surface area (Å²) in [7, 11) is 0. The molecule has 0 saturated carbocycles. The van der Waals surface area contributed by atoms with Gasteiger partial charge in [-0.3, -0.25) is 14.4 Å². The van der Waals surface area contributed by atoms with Gasteiger partial charge in [-0.25, -0.2) is 0 Å². The van der Waals surface area contributed by atoms with Crippen molar-refractivity contribution in [1.29, 1.82) is 0 Å². The van der Waals surface area contributed by atoms with Gasteiger partial charge in [0.2, 0.25) is 17.7 Å². The van der Waals surface area contributed by atoms with E-state index >= 15 is 0 Å². The number of amides is 3. The maximum absolute atomic E-state index is 12.9. The third-order valence-corrected chi connectivity index (χ3v) is 5.43. The topological polar surface area (TPSA) is 105 Å². The lowest BCUT2D eigenvalue weighted by molar-refractivity contribution is -0.146. The Bertz CT molecular complexity index is 692. The number of piperidine rings is 1. The Kier molecular flexibility index (Phi) is 6.11. The van der Waals surface area contributed by atoms with Gasteiger partial charge >= 0.3 is 0 Å². The van der Waals surface area contributed by atoms with Crippen molar-refractivity contribution in [1.82, 2.24) is 15.5 Å². The van der Waals surface area contributed by atoms with Gasteiger partial charge in [-0.15, -0.1) is 0 Å². The molecule has 7 nitrogen and oxygen atoms in total. The SMILES string of the molecule is C[C@H](N)C(=O)N[C@H]1CC[C@H]2CC[C@@H](C(=O)NCCc3ccccc3)N2C1=O. The van der Waals surface area contributed by atoms with E-state index in [1.165, 1.54) is 0 Å². The molecular weight excluding hydrogens is 344 g/mol. The van der Waals surface area contributed by atoms with Crippen LogP contribution in [0.2, 0.25) is 0 Å². The molecule has 3 rings (SSSR count). The lowest BCUT2D eigenvalue weighted by atomic mass is 9.97. The Morgan fingerprint density at radius 2 is 1.89 bits per heavy atom. The summed E-state index contributed by atoms with van der Waals surface area (Å²) in [5.74, 6) is -0.614. The zero-order valence-corrected chi connectivity index (χ0v) is 15.7. The Labute approximate surface area is 159 Å². The zero-order valence-electron chi connectivity index (χ0n) is 15.7. The van der Waals surface area contributed by atoms with Crippen LogP contribution in [-0.4, -0.2) is 53.3 Å². The highest BCUT2D eigenvalue weighted by Crippen LogP contribution is 2.32. The fraction of sp³-hybridized carbons (Fsp3) is 0.550. The van der Waals surface area contributed by atoms with Crippen LogP contribution in [0.3, 0.4) is 0 Å². The second kappa shape index (κ2) is 8.52. The summed E-state index contributed by atoms with van der Waals surface area (Å²) >= 11 is 0. The predicted molar refractivity (Wildman–Crippen MR) is 102 cm³/mol. The fourth-order valence-electron chi connectivity index (χ4n) is 3.95. The third kappa shape index (κ3) is 4.47. The van der Waals surface area contributed by atoms with Crippen LogP contribution >= 0.6 is 0 Å². The molecule has 2 aliphatic heterocycles. The minimum absolute atomic E-state index is 0.0887. The Morgan fingerprint density at radius 1 is 1.19 bits per heavy atom. The van der Waals surface area contributed by atoms with Crippen molar-refractivity contribution in [2.75, 3.05) is 6.54 Å². The van der Waals surface area contributed by atoms with Gasteiger partial charge in [0.25, 0.3) is 0 Å². The highest BCUT2D eigenvalue weighted by Gasteiger charge is 2.46. The van der Waals surface area contributed by atoms with E-state index in [0.29, 0.717) is 19.4 Å². The summed E-state index contributed by atoms with van der Waals surface area (Å²) in [5, 5.41) is 5.68. The van der Waals surface area contributed by atoms with Gasteiger partial charge in [-0.1, -0.05) is 30.3 Å². The maximum Gasteiger partial charge on any atom is 0.246 e. The summed E-state index contributed by atoms with van der Waals surface area (Å²) in [5.41, 5.74) is 6.74. The number of carbonyl (C=O) groups is 3. The van der Waals surface area contributed by atoms with Gasteiger partial charge in [0.15, 0.2) is 0 Å². The van der Waals surface area contributed by atoms with E-state index in [2.05, 4.69) is 10.6 Å². The van der Waals surface area contributed by atoms with Crippen molar-refractivity contribution in [2.24, 2.45) is 5.73 Å². The molecule has 0 aliphatic carbocycles. The van der Waals surface area contributed by atoms with Crippen LogP contribution in [0.4, 0.5) is 0 Å². The molecule has 0 spiro atoms. The zero-order chi connectivity index (χ0) is 19.4. The van der Waals surface area contributed by atoms with Gasteiger partial charge in [-0.2, -0.15) is 0 Å². The van der Waals surface area contributed by atoms with E-state index in [-0.39, 0.29) is 23.8 Å². The first-order valence-electron chi connectivity index (χ1n) is 9.67. The molecule has 1 aromatic rings. The van der Waals surface area contributed by atoms with Crippen molar-refractivity contribution >= 4 is 17.7 Å². The monoisotopic (exact) mass is 372 g/mol. The predicted octanol–water partition coefficient (Wildman–Crippen LogP) is 0.331. The molecule has 2 heterocycles. The standard InChI is InChI=1S/C20H28N4O3/c1-13(21)18(25)23-16-9-7-15-8-10-17(24(15)20(16)27)19(26)22-12-11-14-5-3-2-4-6-14/h2-6,13,15-17H,7-12,21H2,1H3,(H,22,26)(H,23,25)/t13-,15-,16-,17-/m0/s1. The van der Waals surface area contributed by atoms with E-state index in [0.717, 1.165) is 24.8 Å². The fourth-order valence-corrected chi connectivity index (χ4v) is 3.95. The quantitative estimate of drug-likeness (QED) is 0.669. The second-order valence-corrected chi connectivity index (χ2v) is 7.45.